The summed E-state index contributed by atoms with van der Waals surface area (Å²) in [5, 5.41) is 44.8. The average molecular weight is 604 g/mol. The van der Waals surface area contributed by atoms with E-state index in [1.165, 1.54) is 13.0 Å². The third-order valence-electron chi connectivity index (χ3n) is 8.82. The predicted molar refractivity (Wildman–Crippen MR) is 155 cm³/mol. The van der Waals surface area contributed by atoms with Crippen molar-refractivity contribution in [3.05, 3.63) is 87.5 Å². The summed E-state index contributed by atoms with van der Waals surface area (Å²) in [7, 11) is 0. The predicted octanol–water partition coefficient (Wildman–Crippen LogP) is 2.60. The molecule has 0 saturated carbocycles. The van der Waals surface area contributed by atoms with Gasteiger partial charge >= 0.3 is 0 Å². The number of nitrogens with two attached hydrogens (primary N) is 1. The highest BCUT2D eigenvalue weighted by Gasteiger charge is 2.49. The molecule has 6 unspecified atom stereocenters. The second kappa shape index (κ2) is 11.1. The standard InChI is InChI=1S/C33H33NO10/c1-15-28(36)20(34)11-23(43-15)44-22-13-33(41,16(2)35)12-19-25(22)32(40)27-26(30(19)38)29(37)18-9-6-10-21(24(18)31(27)39)42-14-17-7-4-3-5-8-17/h3-10,15,20,22-23,28,36,38,40-41H,11-14,34H2,1-2H3. The lowest BCUT2D eigenvalue weighted by Gasteiger charge is -2.42. The highest BCUT2D eigenvalue weighted by Crippen LogP contribution is 2.52. The van der Waals surface area contributed by atoms with Gasteiger partial charge in [-0.25, -0.2) is 0 Å². The summed E-state index contributed by atoms with van der Waals surface area (Å²) in [5.74, 6) is -3.21. The van der Waals surface area contributed by atoms with E-state index in [2.05, 4.69) is 0 Å². The summed E-state index contributed by atoms with van der Waals surface area (Å²) >= 11 is 0. The third kappa shape index (κ3) is 4.86. The van der Waals surface area contributed by atoms with Gasteiger partial charge in [-0.1, -0.05) is 42.5 Å². The Bertz CT molecular complexity index is 1660. The van der Waals surface area contributed by atoms with Crippen LogP contribution in [-0.2, 0) is 27.3 Å². The van der Waals surface area contributed by atoms with E-state index in [-0.39, 0.29) is 47.5 Å². The Morgan fingerprint density at radius 3 is 2.41 bits per heavy atom. The lowest BCUT2D eigenvalue weighted by Crippen LogP contribution is -2.52. The summed E-state index contributed by atoms with van der Waals surface area (Å²) < 4.78 is 17.9. The summed E-state index contributed by atoms with van der Waals surface area (Å²) in [5.41, 5.74) is 3.79. The number of carbonyl (C=O) groups is 3. The van der Waals surface area contributed by atoms with Crippen LogP contribution in [0.5, 0.6) is 17.2 Å². The first-order valence-corrected chi connectivity index (χ1v) is 14.4. The number of ether oxygens (including phenoxy) is 3. The number of phenols is 2. The number of ketones is 3. The number of benzene rings is 3. The SMILES string of the molecule is CC(=O)C1(O)Cc2c(O)c3c(c(O)c2C(OC2CC(N)C(O)C(C)O2)C1)C(=O)c1c(OCc2ccccc2)cccc1C3=O. The van der Waals surface area contributed by atoms with E-state index in [0.717, 1.165) is 5.56 Å². The van der Waals surface area contributed by atoms with Crippen LogP contribution in [-0.4, -0.2) is 67.9 Å². The Morgan fingerprint density at radius 1 is 1.02 bits per heavy atom. The van der Waals surface area contributed by atoms with Gasteiger partial charge in [0.05, 0.1) is 35.0 Å². The van der Waals surface area contributed by atoms with Gasteiger partial charge in [0.25, 0.3) is 0 Å². The molecule has 6 rings (SSSR count). The quantitative estimate of drug-likeness (QED) is 0.204. The van der Waals surface area contributed by atoms with E-state index in [9.17, 15) is 34.8 Å². The van der Waals surface area contributed by atoms with Gasteiger partial charge < -0.3 is 40.4 Å². The molecule has 3 aromatic rings. The zero-order valence-electron chi connectivity index (χ0n) is 24.1. The number of aliphatic hydroxyl groups excluding tert-OH is 1. The number of Topliss-reactive ketones (excluding diaryl/α,β-unsaturated/α-hetero) is 1. The fourth-order valence-electron chi connectivity index (χ4n) is 6.34. The number of aromatic hydroxyl groups is 2. The van der Waals surface area contributed by atoms with Gasteiger partial charge in [0.2, 0.25) is 5.78 Å². The molecule has 11 heteroatoms. The fraction of sp³-hybridized carbons (Fsp3) is 0.364. The Kier molecular flexibility index (Phi) is 7.55. The van der Waals surface area contributed by atoms with Gasteiger partial charge in [0.15, 0.2) is 17.9 Å². The highest BCUT2D eigenvalue weighted by atomic mass is 16.7. The Balaban J connectivity index is 1.45. The van der Waals surface area contributed by atoms with Crippen molar-refractivity contribution in [2.24, 2.45) is 5.73 Å². The van der Waals surface area contributed by atoms with Crippen molar-refractivity contribution in [1.29, 1.82) is 0 Å². The van der Waals surface area contributed by atoms with Crippen LogP contribution in [0.4, 0.5) is 0 Å². The van der Waals surface area contributed by atoms with Crippen molar-refractivity contribution < 1.29 is 49.0 Å². The topological polar surface area (TPSA) is 186 Å². The van der Waals surface area contributed by atoms with Crippen molar-refractivity contribution >= 4 is 17.3 Å². The molecule has 6 N–H and O–H groups in total. The minimum absolute atomic E-state index is 0.0229. The maximum Gasteiger partial charge on any atom is 0.202 e. The summed E-state index contributed by atoms with van der Waals surface area (Å²) in [6.07, 6.45) is -4.62. The van der Waals surface area contributed by atoms with Crippen molar-refractivity contribution in [2.75, 3.05) is 0 Å². The van der Waals surface area contributed by atoms with Crippen LogP contribution in [0.1, 0.15) is 81.3 Å². The normalized spacial score (nSPS) is 27.7. The zero-order valence-corrected chi connectivity index (χ0v) is 24.1. The Morgan fingerprint density at radius 2 is 1.73 bits per heavy atom. The van der Waals surface area contributed by atoms with Crippen LogP contribution in [0.3, 0.4) is 0 Å². The lowest BCUT2D eigenvalue weighted by molar-refractivity contribution is -0.247. The zero-order chi connectivity index (χ0) is 31.5. The van der Waals surface area contributed by atoms with Gasteiger partial charge in [-0.3, -0.25) is 14.4 Å². The molecule has 3 aromatic carbocycles. The maximum absolute atomic E-state index is 14.1. The molecule has 0 radical (unpaired) electrons. The molecule has 1 heterocycles. The molecule has 0 bridgehead atoms. The van der Waals surface area contributed by atoms with Crippen molar-refractivity contribution in [3.63, 3.8) is 0 Å². The number of phenolic OH excluding ortho intramolecular Hbond substituents is 2. The lowest BCUT2D eigenvalue weighted by atomic mass is 9.72. The number of rotatable bonds is 6. The monoisotopic (exact) mass is 603 g/mol. The van der Waals surface area contributed by atoms with Crippen LogP contribution < -0.4 is 10.5 Å². The van der Waals surface area contributed by atoms with Gasteiger partial charge in [-0.15, -0.1) is 0 Å². The molecule has 11 nitrogen and oxygen atoms in total. The molecular weight excluding hydrogens is 570 g/mol. The molecule has 1 saturated heterocycles. The first-order valence-electron chi connectivity index (χ1n) is 14.4. The van der Waals surface area contributed by atoms with E-state index >= 15 is 0 Å². The minimum atomic E-state index is -2.02. The largest absolute Gasteiger partial charge is 0.507 e. The van der Waals surface area contributed by atoms with Crippen LogP contribution in [0, 0.1) is 0 Å². The Hall–Kier alpha value is -4.13. The molecule has 6 atom stereocenters. The summed E-state index contributed by atoms with van der Waals surface area (Å²) in [6.45, 7) is 2.91. The van der Waals surface area contributed by atoms with Gasteiger partial charge in [0.1, 0.15) is 29.5 Å². The van der Waals surface area contributed by atoms with Gasteiger partial charge in [-0.05, 0) is 25.5 Å². The molecule has 1 aliphatic heterocycles. The summed E-state index contributed by atoms with van der Waals surface area (Å²) in [6, 6.07) is 13.1. The van der Waals surface area contributed by atoms with E-state index < -0.39 is 82.6 Å². The molecule has 0 spiro atoms. The molecule has 2 aliphatic carbocycles. The number of hydrogen-bond acceptors (Lipinski definition) is 11. The van der Waals surface area contributed by atoms with Crippen LogP contribution in [0.15, 0.2) is 48.5 Å². The van der Waals surface area contributed by atoms with E-state index in [0.29, 0.717) is 0 Å². The molecule has 0 aromatic heterocycles. The number of aliphatic hydroxyl groups is 2. The van der Waals surface area contributed by atoms with Crippen LogP contribution >= 0.6 is 0 Å². The second-order valence-corrected chi connectivity index (χ2v) is 11.7. The smallest absolute Gasteiger partial charge is 0.202 e. The highest BCUT2D eigenvalue weighted by molar-refractivity contribution is 6.31. The summed E-state index contributed by atoms with van der Waals surface area (Å²) in [4.78, 5) is 40.5. The fourth-order valence-corrected chi connectivity index (χ4v) is 6.34. The maximum atomic E-state index is 14.1. The van der Waals surface area contributed by atoms with Crippen molar-refractivity contribution in [1.82, 2.24) is 0 Å². The average Bonchev–Trinajstić information content (AvgIpc) is 2.99. The molecule has 0 amide bonds. The molecule has 44 heavy (non-hydrogen) atoms. The first kappa shape index (κ1) is 29.9. The van der Waals surface area contributed by atoms with Crippen molar-refractivity contribution in [2.45, 2.75) is 76.0 Å². The second-order valence-electron chi connectivity index (χ2n) is 11.7. The minimum Gasteiger partial charge on any atom is -0.507 e. The van der Waals surface area contributed by atoms with Gasteiger partial charge in [0, 0.05) is 42.0 Å². The van der Waals surface area contributed by atoms with E-state index in [4.69, 9.17) is 19.9 Å². The van der Waals surface area contributed by atoms with Gasteiger partial charge in [-0.2, -0.15) is 0 Å². The number of carbonyl (C=O) groups excluding carboxylic acids is 3. The molecular formula is C33H33NO10. The molecule has 1 fully saturated rings. The van der Waals surface area contributed by atoms with Crippen molar-refractivity contribution in [3.8, 4) is 17.2 Å². The third-order valence-corrected chi connectivity index (χ3v) is 8.82. The Labute approximate surface area is 252 Å². The van der Waals surface area contributed by atoms with Crippen LogP contribution in [0.25, 0.3) is 0 Å². The van der Waals surface area contributed by atoms with Crippen LogP contribution in [0.2, 0.25) is 0 Å². The molecule has 3 aliphatic rings. The first-order chi connectivity index (χ1) is 20.9. The number of hydrogen-bond donors (Lipinski definition) is 5. The van der Waals surface area contributed by atoms with E-state index in [1.54, 1.807) is 19.1 Å². The number of fused-ring (bicyclic) bond motifs is 3. The molecule has 230 valence electrons. The van der Waals surface area contributed by atoms with E-state index in [1.807, 2.05) is 30.3 Å².